The van der Waals surface area contributed by atoms with Crippen molar-refractivity contribution in [2.24, 2.45) is 0 Å². The van der Waals surface area contributed by atoms with Crippen molar-refractivity contribution in [2.45, 2.75) is 51.9 Å². The summed E-state index contributed by atoms with van der Waals surface area (Å²) in [4.78, 5) is 12.4. The Kier molecular flexibility index (Phi) is 9.01. The van der Waals surface area contributed by atoms with Gasteiger partial charge in [-0.2, -0.15) is 0 Å². The van der Waals surface area contributed by atoms with Crippen LogP contribution in [0.1, 0.15) is 61.0 Å². The summed E-state index contributed by atoms with van der Waals surface area (Å²) in [5.41, 5.74) is 3.46. The van der Waals surface area contributed by atoms with E-state index in [-0.39, 0.29) is 11.3 Å². The highest BCUT2D eigenvalue weighted by Gasteiger charge is 2.31. The van der Waals surface area contributed by atoms with Crippen LogP contribution in [0.4, 0.5) is 0 Å². The molecule has 0 aliphatic rings. The van der Waals surface area contributed by atoms with Crippen molar-refractivity contribution in [1.29, 1.82) is 0 Å². The number of nitrogens with one attached hydrogen (secondary N) is 3. The van der Waals surface area contributed by atoms with E-state index in [0.29, 0.717) is 0 Å². The molecule has 0 aliphatic carbocycles. The Bertz CT molecular complexity index is 506. The van der Waals surface area contributed by atoms with Crippen molar-refractivity contribution in [3.63, 3.8) is 0 Å². The Labute approximate surface area is 147 Å². The topological polar surface area (TPSA) is 53.2 Å². The molecule has 0 radical (unpaired) electrons. The van der Waals surface area contributed by atoms with Gasteiger partial charge in [0.1, 0.15) is 0 Å². The molecule has 0 spiro atoms. The van der Waals surface area contributed by atoms with E-state index in [1.165, 1.54) is 11.1 Å². The highest BCUT2D eigenvalue weighted by molar-refractivity contribution is 5.94. The van der Waals surface area contributed by atoms with Gasteiger partial charge in [-0.1, -0.05) is 19.9 Å². The minimum Gasteiger partial charge on any atom is -0.352 e. The Hall–Kier alpha value is -1.39. The van der Waals surface area contributed by atoms with Gasteiger partial charge in [-0.15, -0.1) is 0 Å². The standard InChI is InChI=1S/C20H35N3O/c1-6-12-23-19(24)17-9-8-16(3)18(15-17)20(7-2,10-13-21-4)11-14-22-5/h8-9,15,21-22H,6-7,10-14H2,1-5H3,(H,23,24). The van der Waals surface area contributed by atoms with Gasteiger partial charge in [0.2, 0.25) is 0 Å². The molecule has 0 saturated carbocycles. The van der Waals surface area contributed by atoms with E-state index < -0.39 is 0 Å². The fraction of sp³-hybridized carbons (Fsp3) is 0.650. The first kappa shape index (κ1) is 20.7. The molecular weight excluding hydrogens is 298 g/mol. The number of hydrogen-bond donors (Lipinski definition) is 3. The van der Waals surface area contributed by atoms with Crippen LogP contribution < -0.4 is 16.0 Å². The molecule has 24 heavy (non-hydrogen) atoms. The quantitative estimate of drug-likeness (QED) is 0.583. The van der Waals surface area contributed by atoms with Gasteiger partial charge in [0.25, 0.3) is 5.91 Å². The minimum atomic E-state index is 0.0327. The van der Waals surface area contributed by atoms with Crippen LogP contribution in [0, 0.1) is 6.92 Å². The summed E-state index contributed by atoms with van der Waals surface area (Å²) >= 11 is 0. The number of carbonyl (C=O) groups is 1. The van der Waals surface area contributed by atoms with Crippen LogP contribution in [0.5, 0.6) is 0 Å². The molecule has 1 aromatic carbocycles. The van der Waals surface area contributed by atoms with Crippen LogP contribution in [0.15, 0.2) is 18.2 Å². The van der Waals surface area contributed by atoms with Gasteiger partial charge in [-0.25, -0.2) is 0 Å². The van der Waals surface area contributed by atoms with E-state index in [1.807, 2.05) is 20.2 Å². The van der Waals surface area contributed by atoms with Crippen molar-refractivity contribution in [3.8, 4) is 0 Å². The van der Waals surface area contributed by atoms with Gasteiger partial charge in [0.05, 0.1) is 0 Å². The molecule has 0 bridgehead atoms. The van der Waals surface area contributed by atoms with E-state index >= 15 is 0 Å². The predicted octanol–water partition coefficient (Wildman–Crippen LogP) is 3.00. The summed E-state index contributed by atoms with van der Waals surface area (Å²) in [7, 11) is 4.00. The fourth-order valence-corrected chi connectivity index (χ4v) is 3.34. The summed E-state index contributed by atoms with van der Waals surface area (Å²) in [6.07, 6.45) is 4.16. The lowest BCUT2D eigenvalue weighted by atomic mass is 9.70. The summed E-state index contributed by atoms with van der Waals surface area (Å²) in [6.45, 7) is 9.16. The maximum atomic E-state index is 12.4. The number of aryl methyl sites for hydroxylation is 1. The monoisotopic (exact) mass is 333 g/mol. The van der Waals surface area contributed by atoms with Crippen LogP contribution in [-0.4, -0.2) is 39.6 Å². The first-order valence-corrected chi connectivity index (χ1v) is 9.23. The molecule has 136 valence electrons. The summed E-state index contributed by atoms with van der Waals surface area (Å²) in [6, 6.07) is 6.16. The van der Waals surface area contributed by atoms with E-state index in [2.05, 4.69) is 48.9 Å². The lowest BCUT2D eigenvalue weighted by molar-refractivity contribution is 0.0953. The van der Waals surface area contributed by atoms with Gasteiger partial charge in [-0.05, 0) is 88.5 Å². The van der Waals surface area contributed by atoms with Crippen molar-refractivity contribution in [3.05, 3.63) is 34.9 Å². The zero-order valence-electron chi connectivity index (χ0n) is 16.1. The lowest BCUT2D eigenvalue weighted by Crippen LogP contribution is -2.34. The Balaban J connectivity index is 3.21. The zero-order valence-corrected chi connectivity index (χ0v) is 16.1. The van der Waals surface area contributed by atoms with E-state index in [1.54, 1.807) is 0 Å². The largest absolute Gasteiger partial charge is 0.352 e. The average Bonchev–Trinajstić information content (AvgIpc) is 2.61. The van der Waals surface area contributed by atoms with Crippen LogP contribution in [0.25, 0.3) is 0 Å². The first-order valence-electron chi connectivity index (χ1n) is 9.23. The highest BCUT2D eigenvalue weighted by atomic mass is 16.1. The summed E-state index contributed by atoms with van der Waals surface area (Å²) < 4.78 is 0. The normalized spacial score (nSPS) is 11.5. The summed E-state index contributed by atoms with van der Waals surface area (Å²) in [5, 5.41) is 9.56. The van der Waals surface area contributed by atoms with Crippen molar-refractivity contribution in [1.82, 2.24) is 16.0 Å². The van der Waals surface area contributed by atoms with Crippen molar-refractivity contribution in [2.75, 3.05) is 33.7 Å². The smallest absolute Gasteiger partial charge is 0.251 e. The molecule has 1 aromatic rings. The molecule has 0 fully saturated rings. The number of carbonyl (C=O) groups excluding carboxylic acids is 1. The molecule has 0 atom stereocenters. The van der Waals surface area contributed by atoms with Crippen molar-refractivity contribution < 1.29 is 4.79 Å². The van der Waals surface area contributed by atoms with E-state index in [9.17, 15) is 4.79 Å². The van der Waals surface area contributed by atoms with Gasteiger partial charge < -0.3 is 16.0 Å². The second-order valence-electron chi connectivity index (χ2n) is 6.63. The molecule has 4 nitrogen and oxygen atoms in total. The van der Waals surface area contributed by atoms with Crippen molar-refractivity contribution >= 4 is 5.91 Å². The Morgan fingerprint density at radius 1 is 1.04 bits per heavy atom. The van der Waals surface area contributed by atoms with Crippen LogP contribution in [0.2, 0.25) is 0 Å². The molecule has 0 heterocycles. The SMILES string of the molecule is CCCNC(=O)c1ccc(C)c(C(CC)(CCNC)CCNC)c1. The second kappa shape index (κ2) is 10.5. The zero-order chi connectivity index (χ0) is 18.0. The van der Waals surface area contributed by atoms with Gasteiger partial charge in [0.15, 0.2) is 0 Å². The molecule has 0 aliphatic heterocycles. The van der Waals surface area contributed by atoms with Crippen LogP contribution in [-0.2, 0) is 5.41 Å². The van der Waals surface area contributed by atoms with Gasteiger partial charge in [-0.3, -0.25) is 4.79 Å². The summed E-state index contributed by atoms with van der Waals surface area (Å²) in [5.74, 6) is 0.0327. The Morgan fingerprint density at radius 2 is 1.67 bits per heavy atom. The third-order valence-electron chi connectivity index (χ3n) is 4.99. The predicted molar refractivity (Wildman–Crippen MR) is 103 cm³/mol. The number of benzene rings is 1. The highest BCUT2D eigenvalue weighted by Crippen LogP contribution is 2.37. The Morgan fingerprint density at radius 3 is 2.17 bits per heavy atom. The molecule has 1 rings (SSSR count). The third-order valence-corrected chi connectivity index (χ3v) is 4.99. The molecule has 0 unspecified atom stereocenters. The molecule has 0 aromatic heterocycles. The van der Waals surface area contributed by atoms with Crippen LogP contribution in [0.3, 0.4) is 0 Å². The molecule has 0 saturated heterocycles. The fourth-order valence-electron chi connectivity index (χ4n) is 3.34. The number of hydrogen-bond acceptors (Lipinski definition) is 3. The van der Waals surface area contributed by atoms with Gasteiger partial charge in [0, 0.05) is 12.1 Å². The maximum Gasteiger partial charge on any atom is 0.251 e. The van der Waals surface area contributed by atoms with Crippen LogP contribution >= 0.6 is 0 Å². The number of rotatable bonds is 11. The maximum absolute atomic E-state index is 12.4. The average molecular weight is 334 g/mol. The minimum absolute atomic E-state index is 0.0327. The van der Waals surface area contributed by atoms with Gasteiger partial charge >= 0.3 is 0 Å². The lowest BCUT2D eigenvalue weighted by Gasteiger charge is -2.35. The molecule has 1 amide bonds. The second-order valence-corrected chi connectivity index (χ2v) is 6.63. The first-order chi connectivity index (χ1) is 11.5. The molecule has 4 heteroatoms. The number of amides is 1. The van der Waals surface area contributed by atoms with E-state index in [4.69, 9.17) is 0 Å². The molecule has 3 N–H and O–H groups in total. The third kappa shape index (κ3) is 5.32. The molecular formula is C20H35N3O. The van der Waals surface area contributed by atoms with E-state index in [0.717, 1.165) is 50.9 Å².